The van der Waals surface area contributed by atoms with Gasteiger partial charge in [-0.15, -0.1) is 0 Å². The van der Waals surface area contributed by atoms with Gasteiger partial charge in [-0.25, -0.2) is 4.79 Å². The van der Waals surface area contributed by atoms with Crippen molar-refractivity contribution in [3.05, 3.63) is 0 Å². The molecule has 0 aromatic heterocycles. The molecule has 0 bridgehead atoms. The van der Waals surface area contributed by atoms with Crippen LogP contribution in [0.4, 0.5) is 0 Å². The van der Waals surface area contributed by atoms with Crippen LogP contribution in [0.1, 0.15) is 0 Å². The van der Waals surface area contributed by atoms with Gasteiger partial charge in [-0.1, -0.05) is 0 Å². The average Bonchev–Trinajstić information content (AvgIpc) is 2.60. The van der Waals surface area contributed by atoms with E-state index in [4.69, 9.17) is 30.2 Å². The molecular weight excluding hydrogens is 413 g/mol. The van der Waals surface area contributed by atoms with Crippen molar-refractivity contribution in [2.45, 2.75) is 55.1 Å². The molecule has 27 heavy (non-hydrogen) atoms. The SMILES string of the molecule is N[C@@H]1[C@@H](COC[C@@H]2O[C@H](C(=O)O)[C@@H](O)[C@H](O)[C@H]2O)[C@@H](O)[C@@H](CO)O[C@H]1O.[Mn+2]. The summed E-state index contributed by atoms with van der Waals surface area (Å²) < 4.78 is 15.3. The van der Waals surface area contributed by atoms with Crippen molar-refractivity contribution in [3.8, 4) is 0 Å². The molecule has 2 fully saturated rings. The van der Waals surface area contributed by atoms with Crippen LogP contribution in [0.5, 0.6) is 0 Å². The smallest absolute Gasteiger partial charge is 0.479 e. The van der Waals surface area contributed by atoms with E-state index in [2.05, 4.69) is 0 Å². The van der Waals surface area contributed by atoms with Crippen molar-refractivity contribution in [1.29, 1.82) is 0 Å². The van der Waals surface area contributed by atoms with Gasteiger partial charge in [0.15, 0.2) is 12.4 Å². The number of carboxylic acid groups (broad SMARTS) is 1. The van der Waals surface area contributed by atoms with Crippen molar-refractivity contribution in [1.82, 2.24) is 0 Å². The maximum atomic E-state index is 11.0. The number of ether oxygens (including phenoxy) is 3. The van der Waals surface area contributed by atoms with Crippen LogP contribution in [-0.4, -0.2) is 117 Å². The molecule has 13 heteroatoms. The van der Waals surface area contributed by atoms with Gasteiger partial charge in [0.05, 0.1) is 32.0 Å². The number of aliphatic hydroxyl groups is 6. The first-order valence-electron chi connectivity index (χ1n) is 8.07. The zero-order chi connectivity index (χ0) is 19.6. The number of carbonyl (C=O) groups is 1. The number of rotatable bonds is 6. The maximum Gasteiger partial charge on any atom is 2.00 e. The maximum absolute atomic E-state index is 11.0. The molecule has 2 aliphatic rings. The van der Waals surface area contributed by atoms with Crippen molar-refractivity contribution < 1.29 is 71.8 Å². The summed E-state index contributed by atoms with van der Waals surface area (Å²) >= 11 is 0. The minimum atomic E-state index is -1.80. The Morgan fingerprint density at radius 1 is 0.926 bits per heavy atom. The molecule has 10 atom stereocenters. The van der Waals surface area contributed by atoms with Crippen LogP contribution < -0.4 is 5.73 Å². The molecule has 2 saturated heterocycles. The predicted molar refractivity (Wildman–Crippen MR) is 80.6 cm³/mol. The Morgan fingerprint density at radius 3 is 2.11 bits per heavy atom. The Labute approximate surface area is 164 Å². The Kier molecular flexibility index (Phi) is 9.48. The third-order valence-corrected chi connectivity index (χ3v) is 4.69. The van der Waals surface area contributed by atoms with E-state index in [9.17, 15) is 30.3 Å². The van der Waals surface area contributed by atoms with E-state index < -0.39 is 73.6 Å². The van der Waals surface area contributed by atoms with Crippen LogP contribution in [0.3, 0.4) is 0 Å². The second-order valence-corrected chi connectivity index (χ2v) is 6.42. The number of hydrogen-bond donors (Lipinski definition) is 8. The number of hydrogen-bond acceptors (Lipinski definition) is 11. The second-order valence-electron chi connectivity index (χ2n) is 6.42. The van der Waals surface area contributed by atoms with Crippen molar-refractivity contribution in [3.63, 3.8) is 0 Å². The fraction of sp³-hybridized carbons (Fsp3) is 0.929. The van der Waals surface area contributed by atoms with Gasteiger partial charge in [0.25, 0.3) is 0 Å². The van der Waals surface area contributed by atoms with Gasteiger partial charge >= 0.3 is 23.0 Å². The van der Waals surface area contributed by atoms with Crippen molar-refractivity contribution in [2.24, 2.45) is 11.7 Å². The fourth-order valence-electron chi connectivity index (χ4n) is 3.04. The number of aliphatic carboxylic acids is 1. The van der Waals surface area contributed by atoms with Gasteiger partial charge in [-0.3, -0.25) is 0 Å². The number of carboxylic acids is 1. The zero-order valence-corrected chi connectivity index (χ0v) is 15.3. The van der Waals surface area contributed by atoms with Gasteiger partial charge in [-0.05, 0) is 0 Å². The van der Waals surface area contributed by atoms with E-state index in [0.29, 0.717) is 0 Å². The van der Waals surface area contributed by atoms with E-state index in [0.717, 1.165) is 0 Å². The first-order valence-corrected chi connectivity index (χ1v) is 8.07. The molecular formula is C14H25MnNO11+2. The monoisotopic (exact) mass is 438 g/mol. The van der Waals surface area contributed by atoms with Crippen molar-refractivity contribution in [2.75, 3.05) is 19.8 Å². The summed E-state index contributed by atoms with van der Waals surface area (Å²) in [6, 6.07) is -1.01. The summed E-state index contributed by atoms with van der Waals surface area (Å²) in [6.07, 6.45) is -11.8. The summed E-state index contributed by atoms with van der Waals surface area (Å²) in [7, 11) is 0. The van der Waals surface area contributed by atoms with Crippen LogP contribution in [0.25, 0.3) is 0 Å². The van der Waals surface area contributed by atoms with Crippen LogP contribution in [0.2, 0.25) is 0 Å². The molecule has 0 aromatic carbocycles. The minimum absolute atomic E-state index is 0. The molecule has 0 aliphatic carbocycles. The molecule has 9 N–H and O–H groups in total. The van der Waals surface area contributed by atoms with E-state index in [1.165, 1.54) is 0 Å². The standard InChI is InChI=1S/C14H25NO11.Mn/c15-7-4(8(17)5(1-16)26-14(7)23)2-24-3-6-9(18)10(19)11(20)12(25-6)13(21)22;/h4-12,14,16-20,23H,1-3,15H2,(H,21,22);/q;+2/t4-,5-,6+,7-,8-,9+,10-,11+,12+,14-;/m1./s1. The summed E-state index contributed by atoms with van der Waals surface area (Å²) in [5, 5.41) is 67.2. The van der Waals surface area contributed by atoms with Gasteiger partial charge in [0.2, 0.25) is 0 Å². The molecule has 0 unspecified atom stereocenters. The molecule has 2 aliphatic heterocycles. The second kappa shape index (κ2) is 10.4. The Morgan fingerprint density at radius 2 is 1.56 bits per heavy atom. The van der Waals surface area contributed by atoms with E-state index in [1.807, 2.05) is 0 Å². The molecule has 2 heterocycles. The molecule has 1 radical (unpaired) electrons. The zero-order valence-electron chi connectivity index (χ0n) is 14.1. The Balaban J connectivity index is 0.00000364. The summed E-state index contributed by atoms with van der Waals surface area (Å²) in [4.78, 5) is 11.0. The van der Waals surface area contributed by atoms with Crippen molar-refractivity contribution >= 4 is 5.97 Å². The summed E-state index contributed by atoms with van der Waals surface area (Å²) in [5.41, 5.74) is 5.75. The number of aliphatic hydroxyl groups excluding tert-OH is 6. The molecule has 157 valence electrons. The predicted octanol–water partition coefficient (Wildman–Crippen LogP) is -5.05. The average molecular weight is 438 g/mol. The van der Waals surface area contributed by atoms with Crippen LogP contribution >= 0.6 is 0 Å². The van der Waals surface area contributed by atoms with Crippen LogP contribution in [-0.2, 0) is 36.1 Å². The van der Waals surface area contributed by atoms with E-state index in [-0.39, 0.29) is 30.3 Å². The third-order valence-electron chi connectivity index (χ3n) is 4.69. The van der Waals surface area contributed by atoms with E-state index in [1.54, 1.807) is 0 Å². The van der Waals surface area contributed by atoms with Gasteiger partial charge in [0.1, 0.15) is 30.5 Å². The van der Waals surface area contributed by atoms with E-state index >= 15 is 0 Å². The molecule has 0 amide bonds. The summed E-state index contributed by atoms with van der Waals surface area (Å²) in [6.45, 7) is -1.14. The van der Waals surface area contributed by atoms with Crippen LogP contribution in [0, 0.1) is 5.92 Å². The normalized spacial score (nSPS) is 45.1. The Bertz CT molecular complexity index is 486. The minimum Gasteiger partial charge on any atom is -0.479 e. The summed E-state index contributed by atoms with van der Waals surface area (Å²) in [5.74, 6) is -2.33. The quantitative estimate of drug-likeness (QED) is 0.183. The van der Waals surface area contributed by atoms with Gasteiger partial charge in [-0.2, -0.15) is 0 Å². The first kappa shape index (κ1) is 24.6. The van der Waals surface area contributed by atoms with Gasteiger partial charge < -0.3 is 55.7 Å². The van der Waals surface area contributed by atoms with Crippen LogP contribution in [0.15, 0.2) is 0 Å². The third kappa shape index (κ3) is 5.35. The largest absolute Gasteiger partial charge is 2.00 e. The fourth-order valence-corrected chi connectivity index (χ4v) is 3.04. The molecule has 0 saturated carbocycles. The molecule has 2 rings (SSSR count). The topological polar surface area (TPSA) is 212 Å². The first-order chi connectivity index (χ1) is 12.2. The Hall–Kier alpha value is -0.411. The molecule has 0 aromatic rings. The van der Waals surface area contributed by atoms with Gasteiger partial charge in [0, 0.05) is 5.92 Å². The number of nitrogens with two attached hydrogens (primary N) is 1. The molecule has 0 spiro atoms. The molecule has 12 nitrogen and oxygen atoms in total.